The van der Waals surface area contributed by atoms with Crippen LogP contribution in [0.5, 0.6) is 0 Å². The first kappa shape index (κ1) is 7.60. The molecule has 0 atom stereocenters. The highest BCUT2D eigenvalue weighted by Crippen LogP contribution is 1.85. The van der Waals surface area contributed by atoms with Crippen LogP contribution in [0.25, 0.3) is 0 Å². The fourth-order valence-corrected chi connectivity index (χ4v) is 0.225. The second-order valence-electron chi connectivity index (χ2n) is 1.44. The van der Waals surface area contributed by atoms with Crippen molar-refractivity contribution in [3.8, 4) is 0 Å². The second kappa shape index (κ2) is 4.75. The first-order valence-corrected chi connectivity index (χ1v) is 2.55. The van der Waals surface area contributed by atoms with Crippen LogP contribution in [-0.2, 0) is 0 Å². The molecule has 0 aromatic heterocycles. The minimum absolute atomic E-state index is 0.928. The fourth-order valence-electron chi connectivity index (χ4n) is 0.225. The minimum Gasteiger partial charge on any atom is -0.0982 e. The molecule has 0 nitrogen and oxygen atoms in total. The highest BCUT2D eigenvalue weighted by atomic mass is 13.7. The van der Waals surface area contributed by atoms with Crippen molar-refractivity contribution >= 4 is 0 Å². The van der Waals surface area contributed by atoms with E-state index in [1.165, 1.54) is 0 Å². The number of rotatable bonds is 1. The summed E-state index contributed by atoms with van der Waals surface area (Å²) in [6, 6.07) is 0. The Kier molecular flexibility index (Phi) is 4.01. The Morgan fingerprint density at radius 1 is 1.44 bits per heavy atom. The van der Waals surface area contributed by atoms with Gasteiger partial charge in [0.15, 0.2) is 0 Å². The van der Waals surface area contributed by atoms with Gasteiger partial charge in [0.25, 0.3) is 0 Å². The van der Waals surface area contributed by atoms with Crippen molar-refractivity contribution in [3.63, 3.8) is 0 Å². The molecule has 0 unspecified atom stereocenters. The zero-order chi connectivity index (χ0) is 7.11. The predicted molar refractivity (Wildman–Crippen MR) is 39.1 cm³/mol. The predicted octanol–water partition coefficient (Wildman–Crippen LogP) is 2.37. The number of allylic oxidation sites excluding steroid dienone is 2. The highest BCUT2D eigenvalue weighted by molar-refractivity contribution is 5.11. The van der Waals surface area contributed by atoms with Gasteiger partial charge in [-0.2, -0.15) is 0 Å². The summed E-state index contributed by atoms with van der Waals surface area (Å²) in [6.07, 6.45) is 1.69. The average Bonchev–Trinajstić information content (AvgIpc) is 1.89. The van der Waals surface area contributed by atoms with E-state index in [0.717, 1.165) is 5.57 Å². The summed E-state index contributed by atoms with van der Waals surface area (Å²) in [6.45, 7) is 8.73. The van der Waals surface area contributed by atoms with Gasteiger partial charge in [-0.25, -0.2) is 0 Å². The van der Waals surface area contributed by atoms with E-state index in [9.17, 15) is 0 Å². The molecule has 44 valence electrons. The van der Waals surface area contributed by atoms with Crippen molar-refractivity contribution in [3.05, 3.63) is 47.7 Å². The Balaban J connectivity index is 4.86. The molecule has 0 radical (unpaired) electrons. The van der Waals surface area contributed by atoms with Gasteiger partial charge in [-0.3, -0.25) is 0 Å². The molecule has 0 aliphatic rings. The SMILES string of the molecule is C=C=C=C=C=C(C)C=C. The van der Waals surface area contributed by atoms with E-state index in [0.29, 0.717) is 0 Å². The van der Waals surface area contributed by atoms with Crippen LogP contribution in [0.3, 0.4) is 0 Å². The van der Waals surface area contributed by atoms with Crippen LogP contribution in [-0.4, -0.2) is 0 Å². The van der Waals surface area contributed by atoms with E-state index in [2.05, 4.69) is 36.1 Å². The van der Waals surface area contributed by atoms with Gasteiger partial charge in [0, 0.05) is 0 Å². The van der Waals surface area contributed by atoms with Crippen molar-refractivity contribution < 1.29 is 0 Å². The van der Waals surface area contributed by atoms with E-state index < -0.39 is 0 Å². The standard InChI is InChI=1S/C9H8/c1-4-6-7-8-9(3)5-2/h5H,1-2H2,3H3. The molecule has 0 heterocycles. The summed E-state index contributed by atoms with van der Waals surface area (Å²) in [4.78, 5) is 0. The van der Waals surface area contributed by atoms with E-state index in [-0.39, 0.29) is 0 Å². The molecular weight excluding hydrogens is 108 g/mol. The molecule has 0 fully saturated rings. The maximum Gasteiger partial charge on any atom is -0.000637 e. The van der Waals surface area contributed by atoms with E-state index in [1.54, 1.807) is 6.08 Å². The van der Waals surface area contributed by atoms with Crippen molar-refractivity contribution in [2.45, 2.75) is 6.92 Å². The van der Waals surface area contributed by atoms with Gasteiger partial charge in [-0.05, 0) is 30.5 Å². The van der Waals surface area contributed by atoms with Crippen LogP contribution >= 0.6 is 0 Å². The van der Waals surface area contributed by atoms with Crippen molar-refractivity contribution in [1.82, 2.24) is 0 Å². The molecule has 0 N–H and O–H groups in total. The molecule has 0 saturated heterocycles. The third kappa shape index (κ3) is 4.45. The Bertz CT molecular complexity index is 244. The molecule has 0 aromatic rings. The van der Waals surface area contributed by atoms with Crippen LogP contribution in [0.1, 0.15) is 6.92 Å². The molecule has 0 saturated carbocycles. The Morgan fingerprint density at radius 3 is 2.56 bits per heavy atom. The summed E-state index contributed by atoms with van der Waals surface area (Å²) in [5.41, 5.74) is 11.2. The zero-order valence-corrected chi connectivity index (χ0v) is 5.49. The summed E-state index contributed by atoms with van der Waals surface area (Å²) in [7, 11) is 0. The van der Waals surface area contributed by atoms with Crippen LogP contribution in [0.2, 0.25) is 0 Å². The van der Waals surface area contributed by atoms with Gasteiger partial charge in [0.1, 0.15) is 0 Å². The summed E-state index contributed by atoms with van der Waals surface area (Å²) < 4.78 is 0. The molecule has 0 aliphatic carbocycles. The van der Waals surface area contributed by atoms with Crippen molar-refractivity contribution in [1.29, 1.82) is 0 Å². The second-order valence-corrected chi connectivity index (χ2v) is 1.44. The lowest BCUT2D eigenvalue weighted by atomic mass is 10.3. The lowest BCUT2D eigenvalue weighted by Crippen LogP contribution is -1.54. The minimum atomic E-state index is 0.928. The lowest BCUT2D eigenvalue weighted by Gasteiger charge is -1.72. The van der Waals surface area contributed by atoms with Crippen LogP contribution < -0.4 is 0 Å². The largest absolute Gasteiger partial charge is 0.0982 e. The van der Waals surface area contributed by atoms with Crippen molar-refractivity contribution in [2.75, 3.05) is 0 Å². The fraction of sp³-hybridized carbons (Fsp3) is 0.111. The molecule has 0 amide bonds. The first-order chi connectivity index (χ1) is 4.31. The monoisotopic (exact) mass is 116 g/mol. The van der Waals surface area contributed by atoms with Gasteiger partial charge in [-0.1, -0.05) is 24.1 Å². The van der Waals surface area contributed by atoms with Gasteiger partial charge >= 0.3 is 0 Å². The summed E-state index contributed by atoms with van der Waals surface area (Å²) in [5.74, 6) is 0. The maximum absolute atomic E-state index is 3.54. The lowest BCUT2D eigenvalue weighted by molar-refractivity contribution is 1.56. The number of hydrogen-bond acceptors (Lipinski definition) is 0. The smallest absolute Gasteiger partial charge is 0.000637 e. The van der Waals surface area contributed by atoms with Gasteiger partial charge in [-0.15, -0.1) is 0 Å². The van der Waals surface area contributed by atoms with E-state index in [4.69, 9.17) is 0 Å². The summed E-state index contributed by atoms with van der Waals surface area (Å²) in [5, 5.41) is 0. The van der Waals surface area contributed by atoms with Crippen LogP contribution in [0, 0.1) is 0 Å². The van der Waals surface area contributed by atoms with E-state index in [1.807, 2.05) is 6.92 Å². The third-order valence-electron chi connectivity index (χ3n) is 0.717. The average molecular weight is 116 g/mol. The quantitative estimate of drug-likeness (QED) is 0.364. The van der Waals surface area contributed by atoms with Crippen LogP contribution in [0.15, 0.2) is 47.7 Å². The summed E-state index contributed by atoms with van der Waals surface area (Å²) >= 11 is 0. The van der Waals surface area contributed by atoms with Gasteiger partial charge < -0.3 is 0 Å². The van der Waals surface area contributed by atoms with E-state index >= 15 is 0 Å². The molecular formula is C9H8. The molecule has 0 aliphatic heterocycles. The van der Waals surface area contributed by atoms with Gasteiger partial charge in [0.05, 0.1) is 0 Å². The molecule has 0 bridgehead atoms. The van der Waals surface area contributed by atoms with Gasteiger partial charge in [0.2, 0.25) is 0 Å². The Hall–Kier alpha value is -1.40. The molecule has 0 spiro atoms. The zero-order valence-electron chi connectivity index (χ0n) is 5.49. The first-order valence-electron chi connectivity index (χ1n) is 2.55. The maximum atomic E-state index is 3.54. The topological polar surface area (TPSA) is 0 Å². The molecule has 9 heavy (non-hydrogen) atoms. The third-order valence-corrected chi connectivity index (χ3v) is 0.717. The molecule has 0 rings (SSSR count). The van der Waals surface area contributed by atoms with Crippen LogP contribution in [0.4, 0.5) is 0 Å². The Labute approximate surface area is 55.5 Å². The normalized spacial score (nSPS) is 5.44. The highest BCUT2D eigenvalue weighted by Gasteiger charge is 1.66. The molecule has 0 aromatic carbocycles. The number of hydrogen-bond donors (Lipinski definition) is 0. The molecule has 0 heteroatoms. The van der Waals surface area contributed by atoms with Crippen molar-refractivity contribution in [2.24, 2.45) is 0 Å². The Morgan fingerprint density at radius 2 is 2.11 bits per heavy atom.